The van der Waals surface area contributed by atoms with E-state index >= 15 is 0 Å². The van der Waals surface area contributed by atoms with E-state index in [-0.39, 0.29) is 35.4 Å². The lowest BCUT2D eigenvalue weighted by Gasteiger charge is -2.34. The molecule has 1 N–H and O–H groups in total. The lowest BCUT2D eigenvalue weighted by Crippen LogP contribution is -2.53. The molecule has 46 heavy (non-hydrogen) atoms. The molecule has 242 valence electrons. The number of carbonyl (C=O) groups excluding carboxylic acids is 2. The molecule has 0 aliphatic heterocycles. The van der Waals surface area contributed by atoms with Crippen molar-refractivity contribution in [2.75, 3.05) is 24.5 Å². The Morgan fingerprint density at radius 1 is 0.870 bits per heavy atom. The molecule has 0 spiro atoms. The minimum atomic E-state index is -4.26. The van der Waals surface area contributed by atoms with E-state index in [9.17, 15) is 18.0 Å². The second-order valence-corrected chi connectivity index (χ2v) is 13.8. The SMILES string of the molecule is COc1ccc(S(=O)(=O)N(CC(=O)N(Cc2cccc(C)c2)C(Cc2ccccc2)C(=O)NCC(C)C)c2cccc(Cl)c2)cc1. The van der Waals surface area contributed by atoms with E-state index in [4.69, 9.17) is 16.3 Å². The van der Waals surface area contributed by atoms with Crippen LogP contribution in [0.2, 0.25) is 5.02 Å². The molecule has 4 aromatic carbocycles. The van der Waals surface area contributed by atoms with Gasteiger partial charge in [0.25, 0.3) is 10.0 Å². The number of nitrogens with one attached hydrogen (secondary N) is 1. The molecule has 10 heteroatoms. The highest BCUT2D eigenvalue weighted by Gasteiger charge is 2.34. The van der Waals surface area contributed by atoms with Crippen LogP contribution in [-0.4, -0.2) is 51.4 Å². The fourth-order valence-electron chi connectivity index (χ4n) is 5.02. The van der Waals surface area contributed by atoms with E-state index in [1.165, 1.54) is 30.2 Å². The van der Waals surface area contributed by atoms with Gasteiger partial charge in [0.05, 0.1) is 17.7 Å². The van der Waals surface area contributed by atoms with Gasteiger partial charge >= 0.3 is 0 Å². The molecule has 0 fully saturated rings. The van der Waals surface area contributed by atoms with Gasteiger partial charge in [-0.25, -0.2) is 8.42 Å². The second kappa shape index (κ2) is 15.8. The third kappa shape index (κ3) is 9.11. The van der Waals surface area contributed by atoms with Crippen molar-refractivity contribution in [1.29, 1.82) is 0 Å². The average Bonchev–Trinajstić information content (AvgIpc) is 3.04. The average molecular weight is 662 g/mol. The van der Waals surface area contributed by atoms with E-state index in [1.807, 2.05) is 75.4 Å². The molecule has 0 saturated heterocycles. The monoisotopic (exact) mass is 661 g/mol. The molecule has 0 bridgehead atoms. The Morgan fingerprint density at radius 2 is 1.54 bits per heavy atom. The molecule has 0 aromatic heterocycles. The molecule has 0 aliphatic carbocycles. The molecule has 1 unspecified atom stereocenters. The van der Waals surface area contributed by atoms with Gasteiger partial charge in [0, 0.05) is 24.5 Å². The van der Waals surface area contributed by atoms with Crippen molar-refractivity contribution in [3.8, 4) is 5.75 Å². The Hall–Kier alpha value is -4.34. The topological polar surface area (TPSA) is 96.0 Å². The number of methoxy groups -OCH3 is 1. The summed E-state index contributed by atoms with van der Waals surface area (Å²) in [5.74, 6) is -0.176. The molecule has 8 nitrogen and oxygen atoms in total. The van der Waals surface area contributed by atoms with Gasteiger partial charge in [0.1, 0.15) is 18.3 Å². The van der Waals surface area contributed by atoms with Crippen molar-refractivity contribution in [1.82, 2.24) is 10.2 Å². The minimum absolute atomic E-state index is 0.0261. The van der Waals surface area contributed by atoms with Gasteiger partial charge < -0.3 is 15.0 Å². The lowest BCUT2D eigenvalue weighted by atomic mass is 10.0. The van der Waals surface area contributed by atoms with Crippen LogP contribution in [0.4, 0.5) is 5.69 Å². The first-order valence-electron chi connectivity index (χ1n) is 15.1. The van der Waals surface area contributed by atoms with Crippen LogP contribution in [0.3, 0.4) is 0 Å². The normalized spacial score (nSPS) is 12.0. The molecular weight excluding hydrogens is 622 g/mol. The van der Waals surface area contributed by atoms with Crippen LogP contribution in [0, 0.1) is 12.8 Å². The van der Waals surface area contributed by atoms with E-state index in [2.05, 4.69) is 5.32 Å². The molecule has 4 rings (SSSR count). The summed E-state index contributed by atoms with van der Waals surface area (Å²) < 4.78 is 34.6. The van der Waals surface area contributed by atoms with Crippen LogP contribution >= 0.6 is 11.6 Å². The van der Waals surface area contributed by atoms with Crippen LogP contribution in [0.5, 0.6) is 5.75 Å². The maximum atomic E-state index is 14.5. The highest BCUT2D eigenvalue weighted by molar-refractivity contribution is 7.92. The number of nitrogens with zero attached hydrogens (tertiary/aromatic N) is 2. The number of rotatable bonds is 14. The summed E-state index contributed by atoms with van der Waals surface area (Å²) in [4.78, 5) is 29.9. The first-order valence-corrected chi connectivity index (χ1v) is 16.9. The molecule has 4 aromatic rings. The van der Waals surface area contributed by atoms with Gasteiger partial charge in [-0.15, -0.1) is 0 Å². The third-order valence-electron chi connectivity index (χ3n) is 7.41. The van der Waals surface area contributed by atoms with Gasteiger partial charge in [-0.3, -0.25) is 13.9 Å². The largest absolute Gasteiger partial charge is 0.497 e. The minimum Gasteiger partial charge on any atom is -0.497 e. The van der Waals surface area contributed by atoms with Crippen molar-refractivity contribution < 1.29 is 22.7 Å². The summed E-state index contributed by atoms with van der Waals surface area (Å²) in [6, 6.07) is 28.5. The Morgan fingerprint density at radius 3 is 2.17 bits per heavy atom. The van der Waals surface area contributed by atoms with E-state index in [0.717, 1.165) is 21.0 Å². The summed E-state index contributed by atoms with van der Waals surface area (Å²) in [5.41, 5.74) is 2.90. The molecular formula is C36H40ClN3O5S. The Bertz CT molecular complexity index is 1730. The van der Waals surface area contributed by atoms with Gasteiger partial charge in [0.2, 0.25) is 11.8 Å². The fourth-order valence-corrected chi connectivity index (χ4v) is 6.61. The number of halogens is 1. The number of amides is 2. The maximum absolute atomic E-state index is 14.5. The van der Waals surface area contributed by atoms with Crippen molar-refractivity contribution in [2.45, 2.75) is 44.7 Å². The standard InChI is InChI=1S/C36H40ClN3O5S/c1-26(2)23-38-36(42)34(21-28-11-6-5-7-12-28)39(24-29-13-8-10-27(3)20-29)35(41)25-40(31-15-9-14-30(37)22-31)46(43,44)33-18-16-32(45-4)17-19-33/h5-20,22,26,34H,21,23-25H2,1-4H3,(H,38,42). The number of ether oxygens (including phenoxy) is 1. The predicted molar refractivity (Wildman–Crippen MR) is 182 cm³/mol. The van der Waals surface area contributed by atoms with Crippen molar-refractivity contribution in [3.05, 3.63) is 125 Å². The van der Waals surface area contributed by atoms with Crippen LogP contribution in [0.25, 0.3) is 0 Å². The molecule has 0 saturated carbocycles. The summed E-state index contributed by atoms with van der Waals surface area (Å²) in [5, 5.41) is 3.31. The number of sulfonamides is 1. The Kier molecular flexibility index (Phi) is 11.8. The van der Waals surface area contributed by atoms with Gasteiger partial charge in [-0.1, -0.05) is 91.7 Å². The zero-order valence-corrected chi connectivity index (χ0v) is 28.1. The van der Waals surface area contributed by atoms with Crippen molar-refractivity contribution in [3.63, 3.8) is 0 Å². The summed E-state index contributed by atoms with van der Waals surface area (Å²) >= 11 is 6.30. The quantitative estimate of drug-likeness (QED) is 0.172. The first kappa shape index (κ1) is 34.5. The molecule has 1 atom stereocenters. The maximum Gasteiger partial charge on any atom is 0.264 e. The van der Waals surface area contributed by atoms with Crippen LogP contribution in [0.15, 0.2) is 108 Å². The highest BCUT2D eigenvalue weighted by atomic mass is 35.5. The molecule has 0 aliphatic rings. The first-order chi connectivity index (χ1) is 22.0. The number of benzene rings is 4. The van der Waals surface area contributed by atoms with Crippen molar-refractivity contribution in [2.24, 2.45) is 5.92 Å². The number of anilines is 1. The molecule has 0 heterocycles. The fraction of sp³-hybridized carbons (Fsp3) is 0.278. The third-order valence-corrected chi connectivity index (χ3v) is 9.44. The molecule has 2 amide bonds. The summed E-state index contributed by atoms with van der Waals surface area (Å²) in [6.07, 6.45) is 0.241. The number of hydrogen-bond acceptors (Lipinski definition) is 5. The zero-order chi connectivity index (χ0) is 33.3. The smallest absolute Gasteiger partial charge is 0.264 e. The second-order valence-electron chi connectivity index (χ2n) is 11.5. The number of hydrogen-bond donors (Lipinski definition) is 1. The van der Waals surface area contributed by atoms with E-state index in [1.54, 1.807) is 30.3 Å². The number of carbonyl (C=O) groups is 2. The van der Waals surface area contributed by atoms with Crippen LogP contribution in [-0.2, 0) is 32.6 Å². The highest BCUT2D eigenvalue weighted by Crippen LogP contribution is 2.28. The van der Waals surface area contributed by atoms with Crippen molar-refractivity contribution >= 4 is 39.1 Å². The van der Waals surface area contributed by atoms with Gasteiger partial charge in [0.15, 0.2) is 0 Å². The van der Waals surface area contributed by atoms with Gasteiger partial charge in [-0.05, 0) is 66.4 Å². The van der Waals surface area contributed by atoms with E-state index in [0.29, 0.717) is 17.3 Å². The Balaban J connectivity index is 1.80. The lowest BCUT2D eigenvalue weighted by molar-refractivity contribution is -0.140. The summed E-state index contributed by atoms with van der Waals surface area (Å²) in [6.45, 7) is 5.90. The van der Waals surface area contributed by atoms with E-state index < -0.39 is 28.5 Å². The Labute approximate surface area is 277 Å². The van der Waals surface area contributed by atoms with Crippen LogP contribution in [0.1, 0.15) is 30.5 Å². The zero-order valence-electron chi connectivity index (χ0n) is 26.5. The van der Waals surface area contributed by atoms with Gasteiger partial charge in [-0.2, -0.15) is 0 Å². The van der Waals surface area contributed by atoms with Crippen LogP contribution < -0.4 is 14.4 Å². The molecule has 0 radical (unpaired) electrons. The predicted octanol–water partition coefficient (Wildman–Crippen LogP) is 6.26. The summed E-state index contributed by atoms with van der Waals surface area (Å²) in [7, 11) is -2.77. The number of aryl methyl sites for hydroxylation is 1.